The molecule has 11 heteroatoms. The Morgan fingerprint density at radius 1 is 0.762 bits per heavy atom. The SMILES string of the molecule is CC(C)(C)OC(=O)CC[C@H](NC(=O)N[C@@H](CCCCNCc1cccc(I)c1)C(=O)OC(C)(C)C)C(=O)OC(C)(C)C. The van der Waals surface area contributed by atoms with Gasteiger partial charge in [0.25, 0.3) is 0 Å². The standard InChI is InChI=1S/C31H50IN3O7/c1-29(2,3)40-25(36)17-16-24(27(38)42-31(7,8)9)35-28(39)34-23(26(37)41-30(4,5)6)15-10-11-18-33-20-21-13-12-14-22(32)19-21/h12-14,19,23-24,33H,10-11,15-18,20H2,1-9H3,(H2,34,35,39)/t23-,24-/m0/s1. The van der Waals surface area contributed by atoms with Gasteiger partial charge in [0.15, 0.2) is 0 Å². The number of rotatable bonds is 14. The smallest absolute Gasteiger partial charge is 0.329 e. The average Bonchev–Trinajstić information content (AvgIpc) is 2.79. The summed E-state index contributed by atoms with van der Waals surface area (Å²) in [4.78, 5) is 51.1. The first-order chi connectivity index (χ1) is 19.2. The summed E-state index contributed by atoms with van der Waals surface area (Å²) in [5.41, 5.74) is -1.03. The third kappa shape index (κ3) is 18.2. The number of nitrogens with one attached hydrogen (secondary N) is 3. The maximum atomic E-state index is 13.0. The number of esters is 3. The first-order valence-electron chi connectivity index (χ1n) is 14.4. The number of hydrogen-bond acceptors (Lipinski definition) is 8. The highest BCUT2D eigenvalue weighted by molar-refractivity contribution is 14.1. The average molecular weight is 704 g/mol. The van der Waals surface area contributed by atoms with Crippen molar-refractivity contribution in [3.05, 3.63) is 33.4 Å². The summed E-state index contributed by atoms with van der Waals surface area (Å²) >= 11 is 2.28. The summed E-state index contributed by atoms with van der Waals surface area (Å²) in [7, 11) is 0. The van der Waals surface area contributed by atoms with E-state index in [4.69, 9.17) is 14.2 Å². The monoisotopic (exact) mass is 703 g/mol. The van der Waals surface area contributed by atoms with Crippen LogP contribution in [0.2, 0.25) is 0 Å². The van der Waals surface area contributed by atoms with Crippen molar-refractivity contribution in [3.8, 4) is 0 Å². The molecule has 42 heavy (non-hydrogen) atoms. The Morgan fingerprint density at radius 2 is 1.29 bits per heavy atom. The molecule has 2 atom stereocenters. The van der Waals surface area contributed by atoms with Gasteiger partial charge in [-0.25, -0.2) is 14.4 Å². The number of unbranched alkanes of at least 4 members (excludes halogenated alkanes) is 1. The van der Waals surface area contributed by atoms with Crippen LogP contribution in [0.3, 0.4) is 0 Å². The molecule has 10 nitrogen and oxygen atoms in total. The van der Waals surface area contributed by atoms with Crippen LogP contribution in [-0.4, -0.2) is 59.4 Å². The van der Waals surface area contributed by atoms with E-state index in [0.29, 0.717) is 12.8 Å². The van der Waals surface area contributed by atoms with Crippen LogP contribution < -0.4 is 16.0 Å². The zero-order chi connectivity index (χ0) is 32.1. The van der Waals surface area contributed by atoms with Crippen molar-refractivity contribution in [2.75, 3.05) is 6.54 Å². The molecule has 0 unspecified atom stereocenters. The minimum atomic E-state index is -1.12. The Morgan fingerprint density at radius 3 is 1.79 bits per heavy atom. The van der Waals surface area contributed by atoms with Gasteiger partial charge in [0.05, 0.1) is 0 Å². The molecule has 0 saturated heterocycles. The lowest BCUT2D eigenvalue weighted by molar-refractivity contribution is -0.159. The minimum absolute atomic E-state index is 0.0273. The molecule has 0 aliphatic carbocycles. The molecule has 1 rings (SSSR count). The summed E-state index contributed by atoms with van der Waals surface area (Å²) in [5, 5.41) is 8.65. The van der Waals surface area contributed by atoms with E-state index in [-0.39, 0.29) is 12.8 Å². The molecule has 0 saturated carbocycles. The predicted octanol–water partition coefficient (Wildman–Crippen LogP) is 5.39. The molecule has 0 spiro atoms. The molecule has 0 bridgehead atoms. The Hall–Kier alpha value is -2.41. The van der Waals surface area contributed by atoms with Gasteiger partial charge >= 0.3 is 23.9 Å². The van der Waals surface area contributed by atoms with E-state index in [0.717, 1.165) is 19.5 Å². The number of benzene rings is 1. The molecule has 1 aromatic rings. The van der Waals surface area contributed by atoms with Crippen LogP contribution >= 0.6 is 22.6 Å². The van der Waals surface area contributed by atoms with Crippen molar-refractivity contribution in [2.24, 2.45) is 0 Å². The van der Waals surface area contributed by atoms with Crippen LogP contribution in [0.25, 0.3) is 0 Å². The van der Waals surface area contributed by atoms with Gasteiger partial charge in [0.2, 0.25) is 0 Å². The van der Waals surface area contributed by atoms with Crippen molar-refractivity contribution in [1.29, 1.82) is 0 Å². The highest BCUT2D eigenvalue weighted by Crippen LogP contribution is 2.15. The first-order valence-corrected chi connectivity index (χ1v) is 15.5. The number of carbonyl (C=O) groups excluding carboxylic acids is 4. The largest absolute Gasteiger partial charge is 0.460 e. The number of halogens is 1. The fourth-order valence-electron chi connectivity index (χ4n) is 3.73. The van der Waals surface area contributed by atoms with Crippen LogP contribution in [0.4, 0.5) is 4.79 Å². The van der Waals surface area contributed by atoms with Crippen molar-refractivity contribution >= 4 is 46.5 Å². The molecule has 0 fully saturated rings. The number of hydrogen-bond donors (Lipinski definition) is 3. The predicted molar refractivity (Wildman–Crippen MR) is 171 cm³/mol. The Labute approximate surface area is 264 Å². The lowest BCUT2D eigenvalue weighted by atomic mass is 10.1. The summed E-state index contributed by atoms with van der Waals surface area (Å²) in [6.45, 7) is 17.1. The molecular formula is C31H50IN3O7. The zero-order valence-electron chi connectivity index (χ0n) is 26.6. The summed E-state index contributed by atoms with van der Waals surface area (Å²) in [5.74, 6) is -1.75. The van der Waals surface area contributed by atoms with E-state index in [1.54, 1.807) is 62.3 Å². The van der Waals surface area contributed by atoms with Gasteiger partial charge in [0.1, 0.15) is 28.9 Å². The topological polar surface area (TPSA) is 132 Å². The molecular weight excluding hydrogens is 653 g/mol. The van der Waals surface area contributed by atoms with E-state index in [1.807, 2.05) is 12.1 Å². The second-order valence-corrected chi connectivity index (χ2v) is 14.5. The van der Waals surface area contributed by atoms with Crippen LogP contribution in [0.1, 0.15) is 100.0 Å². The number of ether oxygens (including phenoxy) is 3. The maximum absolute atomic E-state index is 13.0. The zero-order valence-corrected chi connectivity index (χ0v) is 28.8. The van der Waals surface area contributed by atoms with Gasteiger partial charge < -0.3 is 30.2 Å². The fourth-order valence-corrected chi connectivity index (χ4v) is 4.34. The van der Waals surface area contributed by atoms with Crippen molar-refractivity contribution in [1.82, 2.24) is 16.0 Å². The Bertz CT molecular complexity index is 1040. The van der Waals surface area contributed by atoms with E-state index >= 15 is 0 Å². The molecule has 238 valence electrons. The summed E-state index contributed by atoms with van der Waals surface area (Å²) in [6, 6.07) is 5.46. The van der Waals surface area contributed by atoms with Gasteiger partial charge in [-0.3, -0.25) is 4.79 Å². The Kier molecular flexibility index (Phi) is 15.2. The number of urea groups is 1. The quantitative estimate of drug-likeness (QED) is 0.102. The number of amides is 2. The highest BCUT2D eigenvalue weighted by Gasteiger charge is 2.31. The molecule has 0 aromatic heterocycles. The van der Waals surface area contributed by atoms with Crippen molar-refractivity contribution in [3.63, 3.8) is 0 Å². The van der Waals surface area contributed by atoms with Gasteiger partial charge in [-0.1, -0.05) is 12.1 Å². The van der Waals surface area contributed by atoms with Crippen LogP contribution in [0.15, 0.2) is 24.3 Å². The molecule has 3 N–H and O–H groups in total. The molecule has 2 amide bonds. The minimum Gasteiger partial charge on any atom is -0.460 e. The van der Waals surface area contributed by atoms with Gasteiger partial charge in [0, 0.05) is 16.5 Å². The normalized spacial score (nSPS) is 13.5. The highest BCUT2D eigenvalue weighted by atomic mass is 127. The summed E-state index contributed by atoms with van der Waals surface area (Å²) < 4.78 is 17.5. The van der Waals surface area contributed by atoms with E-state index in [9.17, 15) is 19.2 Å². The second kappa shape index (κ2) is 17.0. The third-order valence-corrected chi connectivity index (χ3v) is 6.04. The van der Waals surface area contributed by atoms with Crippen molar-refractivity contribution in [2.45, 2.75) is 130 Å². The van der Waals surface area contributed by atoms with Gasteiger partial charge in [-0.15, -0.1) is 0 Å². The van der Waals surface area contributed by atoms with E-state index in [2.05, 4.69) is 50.7 Å². The fraction of sp³-hybridized carbons (Fsp3) is 0.677. The lowest BCUT2D eigenvalue weighted by Gasteiger charge is -2.27. The van der Waals surface area contributed by atoms with Crippen LogP contribution in [-0.2, 0) is 35.1 Å². The lowest BCUT2D eigenvalue weighted by Crippen LogP contribution is -2.53. The van der Waals surface area contributed by atoms with Gasteiger partial charge in [-0.2, -0.15) is 0 Å². The van der Waals surface area contributed by atoms with Gasteiger partial charge in [-0.05, 0) is 135 Å². The maximum Gasteiger partial charge on any atom is 0.329 e. The second-order valence-electron chi connectivity index (χ2n) is 13.2. The van der Waals surface area contributed by atoms with Crippen molar-refractivity contribution < 1.29 is 33.4 Å². The molecule has 0 aliphatic rings. The third-order valence-electron chi connectivity index (χ3n) is 5.36. The molecule has 0 radical (unpaired) electrons. The molecule has 0 aliphatic heterocycles. The van der Waals surface area contributed by atoms with Crippen LogP contribution in [0.5, 0.6) is 0 Å². The molecule has 1 aromatic carbocycles. The van der Waals surface area contributed by atoms with Crippen LogP contribution in [0, 0.1) is 3.57 Å². The summed E-state index contributed by atoms with van der Waals surface area (Å²) in [6.07, 6.45) is 1.65. The van der Waals surface area contributed by atoms with E-state index in [1.165, 1.54) is 9.13 Å². The first kappa shape index (κ1) is 37.6. The number of carbonyl (C=O) groups is 4. The Balaban J connectivity index is 2.81. The van der Waals surface area contributed by atoms with E-state index < -0.39 is 52.8 Å². The molecule has 0 heterocycles.